The maximum Gasteiger partial charge on any atom is 0.153 e. The van der Waals surface area contributed by atoms with Gasteiger partial charge in [-0.1, -0.05) is 26.2 Å². The van der Waals surface area contributed by atoms with Crippen molar-refractivity contribution in [2.75, 3.05) is 0 Å². The number of Topliss-reactive ketones (excluding diaryl/α,β-unsaturated/α-hetero) is 1. The smallest absolute Gasteiger partial charge is 0.153 e. The molecule has 2 atom stereocenters. The van der Waals surface area contributed by atoms with Crippen LogP contribution in [0, 0.1) is 23.2 Å². The van der Waals surface area contributed by atoms with E-state index < -0.39 is 0 Å². The largest absolute Gasteiger partial charge is 0.298 e. The first kappa shape index (κ1) is 9.25. The van der Waals surface area contributed by atoms with Gasteiger partial charge < -0.3 is 0 Å². The normalized spacial score (nSPS) is 27.8. The van der Waals surface area contributed by atoms with Gasteiger partial charge in [0, 0.05) is 5.92 Å². The summed E-state index contributed by atoms with van der Waals surface area (Å²) in [5.74, 6) is 0.145. The predicted octanol–water partition coefficient (Wildman–Crippen LogP) is 2.30. The average Bonchev–Trinajstić information content (AvgIpc) is 2.09. The van der Waals surface area contributed by atoms with Crippen molar-refractivity contribution in [1.82, 2.24) is 0 Å². The molecular formula is C10H15NO. The minimum absolute atomic E-state index is 0.189. The molecule has 1 rings (SSSR count). The summed E-state index contributed by atoms with van der Waals surface area (Å²) in [6.45, 7) is 2.15. The molecule has 0 spiro atoms. The summed E-state index contributed by atoms with van der Waals surface area (Å²) in [7, 11) is 0. The highest BCUT2D eigenvalue weighted by Crippen LogP contribution is 2.32. The van der Waals surface area contributed by atoms with E-state index in [9.17, 15) is 4.79 Å². The van der Waals surface area contributed by atoms with Crippen LogP contribution in [0.4, 0.5) is 0 Å². The fraction of sp³-hybridized carbons (Fsp3) is 0.800. The number of ketones is 1. The summed E-state index contributed by atoms with van der Waals surface area (Å²) in [5, 5.41) is 8.47. The molecule has 1 aliphatic rings. The van der Waals surface area contributed by atoms with Crippen LogP contribution < -0.4 is 0 Å². The lowest BCUT2D eigenvalue weighted by Crippen LogP contribution is -2.35. The summed E-state index contributed by atoms with van der Waals surface area (Å²) >= 11 is 0. The molecule has 0 aromatic carbocycles. The van der Waals surface area contributed by atoms with Crippen LogP contribution in [-0.4, -0.2) is 5.78 Å². The molecule has 0 saturated heterocycles. The van der Waals surface area contributed by atoms with E-state index in [2.05, 4.69) is 6.92 Å². The lowest BCUT2D eigenvalue weighted by Gasteiger charge is -2.28. The minimum atomic E-state index is -0.267. The molecule has 2 nitrogen and oxygen atoms in total. The number of hydrogen-bond donors (Lipinski definition) is 0. The van der Waals surface area contributed by atoms with Gasteiger partial charge in [0.05, 0.1) is 6.07 Å². The molecule has 1 saturated carbocycles. The topological polar surface area (TPSA) is 40.9 Å². The number of unbranched alkanes of at least 4 members (excludes halogenated alkanes) is 2. The summed E-state index contributed by atoms with van der Waals surface area (Å²) in [6.07, 6.45) is 5.37. The van der Waals surface area contributed by atoms with Crippen LogP contribution in [0.3, 0.4) is 0 Å². The molecule has 0 N–H and O–H groups in total. The second-order valence-corrected chi connectivity index (χ2v) is 3.51. The second-order valence-electron chi connectivity index (χ2n) is 3.51. The van der Waals surface area contributed by atoms with Crippen LogP contribution in [0.25, 0.3) is 0 Å². The Morgan fingerprint density at radius 3 is 2.83 bits per heavy atom. The Morgan fingerprint density at radius 1 is 1.58 bits per heavy atom. The van der Waals surface area contributed by atoms with Crippen molar-refractivity contribution in [1.29, 1.82) is 5.26 Å². The van der Waals surface area contributed by atoms with E-state index in [0.717, 1.165) is 19.3 Å². The fourth-order valence-corrected chi connectivity index (χ4v) is 1.66. The molecule has 1 fully saturated rings. The van der Waals surface area contributed by atoms with Crippen LogP contribution in [0.1, 0.15) is 39.0 Å². The van der Waals surface area contributed by atoms with Crippen molar-refractivity contribution in [2.24, 2.45) is 11.8 Å². The zero-order valence-electron chi connectivity index (χ0n) is 7.55. The Bertz CT molecular complexity index is 204. The highest BCUT2D eigenvalue weighted by Gasteiger charge is 2.38. The number of carbonyl (C=O) groups is 1. The maximum atomic E-state index is 11.2. The highest BCUT2D eigenvalue weighted by atomic mass is 16.1. The van der Waals surface area contributed by atoms with Gasteiger partial charge in [-0.05, 0) is 12.8 Å². The van der Waals surface area contributed by atoms with Crippen LogP contribution >= 0.6 is 0 Å². The second kappa shape index (κ2) is 4.25. The maximum absolute atomic E-state index is 11.2. The van der Waals surface area contributed by atoms with E-state index in [0.29, 0.717) is 0 Å². The monoisotopic (exact) mass is 165 g/mol. The Hall–Kier alpha value is -0.840. The van der Waals surface area contributed by atoms with Gasteiger partial charge in [0.1, 0.15) is 5.92 Å². The lowest BCUT2D eigenvalue weighted by atomic mass is 9.72. The van der Waals surface area contributed by atoms with E-state index in [-0.39, 0.29) is 17.6 Å². The predicted molar refractivity (Wildman–Crippen MR) is 46.4 cm³/mol. The SMILES string of the molecule is CCCCCC1CC(C#N)C1=O. The summed E-state index contributed by atoms with van der Waals surface area (Å²) in [5.41, 5.74) is 0. The van der Waals surface area contributed by atoms with Gasteiger partial charge in [-0.15, -0.1) is 0 Å². The zero-order chi connectivity index (χ0) is 8.97. The Balaban J connectivity index is 2.14. The third kappa shape index (κ3) is 1.85. The van der Waals surface area contributed by atoms with E-state index in [4.69, 9.17) is 5.26 Å². The van der Waals surface area contributed by atoms with Gasteiger partial charge in [-0.3, -0.25) is 4.79 Å². The molecule has 0 radical (unpaired) electrons. The molecule has 2 unspecified atom stereocenters. The Labute approximate surface area is 73.6 Å². The molecule has 1 aliphatic carbocycles. The molecule has 2 heteroatoms. The molecule has 12 heavy (non-hydrogen) atoms. The van der Waals surface area contributed by atoms with Crippen molar-refractivity contribution in [2.45, 2.75) is 39.0 Å². The van der Waals surface area contributed by atoms with E-state index >= 15 is 0 Å². The lowest BCUT2D eigenvalue weighted by molar-refractivity contribution is -0.133. The quantitative estimate of drug-likeness (QED) is 0.600. The van der Waals surface area contributed by atoms with Crippen molar-refractivity contribution >= 4 is 5.78 Å². The van der Waals surface area contributed by atoms with Gasteiger partial charge in [-0.2, -0.15) is 5.26 Å². The van der Waals surface area contributed by atoms with Gasteiger partial charge >= 0.3 is 0 Å². The minimum Gasteiger partial charge on any atom is -0.298 e. The summed E-state index contributed by atoms with van der Waals surface area (Å²) < 4.78 is 0. The molecule has 0 aromatic rings. The van der Waals surface area contributed by atoms with Crippen LogP contribution in [0.2, 0.25) is 0 Å². The first-order chi connectivity index (χ1) is 5.79. The van der Waals surface area contributed by atoms with Crippen molar-refractivity contribution < 1.29 is 4.79 Å². The van der Waals surface area contributed by atoms with Gasteiger partial charge in [0.25, 0.3) is 0 Å². The van der Waals surface area contributed by atoms with Crippen LogP contribution in [-0.2, 0) is 4.79 Å². The number of rotatable bonds is 4. The zero-order valence-corrected chi connectivity index (χ0v) is 7.55. The van der Waals surface area contributed by atoms with Gasteiger partial charge in [0.2, 0.25) is 0 Å². The van der Waals surface area contributed by atoms with Crippen molar-refractivity contribution in [3.05, 3.63) is 0 Å². The number of carbonyl (C=O) groups excluding carboxylic acids is 1. The van der Waals surface area contributed by atoms with Gasteiger partial charge in [-0.25, -0.2) is 0 Å². The summed E-state index contributed by atoms with van der Waals surface area (Å²) in [6, 6.07) is 2.02. The summed E-state index contributed by atoms with van der Waals surface area (Å²) in [4.78, 5) is 11.2. The van der Waals surface area contributed by atoms with Gasteiger partial charge in [0.15, 0.2) is 5.78 Å². The van der Waals surface area contributed by atoms with E-state index in [1.165, 1.54) is 12.8 Å². The Kier molecular flexibility index (Phi) is 3.28. The number of hydrogen-bond acceptors (Lipinski definition) is 2. The highest BCUT2D eigenvalue weighted by molar-refractivity contribution is 5.91. The van der Waals surface area contributed by atoms with Crippen LogP contribution in [0.5, 0.6) is 0 Å². The average molecular weight is 165 g/mol. The molecule has 0 amide bonds. The van der Waals surface area contributed by atoms with Crippen molar-refractivity contribution in [3.63, 3.8) is 0 Å². The van der Waals surface area contributed by atoms with Crippen molar-refractivity contribution in [3.8, 4) is 6.07 Å². The third-order valence-corrected chi connectivity index (χ3v) is 2.58. The first-order valence-electron chi connectivity index (χ1n) is 4.73. The molecule has 0 heterocycles. The first-order valence-corrected chi connectivity index (χ1v) is 4.73. The molecule has 66 valence electrons. The third-order valence-electron chi connectivity index (χ3n) is 2.58. The van der Waals surface area contributed by atoms with Crippen LogP contribution in [0.15, 0.2) is 0 Å². The molecular weight excluding hydrogens is 150 g/mol. The van der Waals surface area contributed by atoms with E-state index in [1.54, 1.807) is 0 Å². The molecule has 0 aliphatic heterocycles. The molecule has 0 bridgehead atoms. The van der Waals surface area contributed by atoms with E-state index in [1.807, 2.05) is 6.07 Å². The molecule has 0 aromatic heterocycles. The Morgan fingerprint density at radius 2 is 2.33 bits per heavy atom. The fourth-order valence-electron chi connectivity index (χ4n) is 1.66. The number of nitriles is 1. The number of nitrogens with zero attached hydrogens (tertiary/aromatic N) is 1. The standard InChI is InChI=1S/C10H15NO/c1-2-3-4-5-8-6-9(7-11)10(8)12/h8-9H,2-6H2,1H3.